The van der Waals surface area contributed by atoms with Crippen LogP contribution in [0.2, 0.25) is 0 Å². The molecule has 204 valence electrons. The lowest BCUT2D eigenvalue weighted by Crippen LogP contribution is -2.26. The Hall–Kier alpha value is -2.58. The van der Waals surface area contributed by atoms with E-state index in [0.29, 0.717) is 36.3 Å². The monoisotopic (exact) mass is 529 g/mol. The van der Waals surface area contributed by atoms with Crippen molar-refractivity contribution >= 4 is 32.8 Å². The zero-order valence-electron chi connectivity index (χ0n) is 22.7. The maximum absolute atomic E-state index is 13.0. The fourth-order valence-electron chi connectivity index (χ4n) is 3.98. The van der Waals surface area contributed by atoms with Gasteiger partial charge in [-0.3, -0.25) is 4.79 Å². The van der Waals surface area contributed by atoms with Crippen molar-refractivity contribution in [1.29, 1.82) is 0 Å². The van der Waals surface area contributed by atoms with E-state index in [1.165, 1.54) is 10.5 Å². The second-order valence-electron chi connectivity index (χ2n) is 9.49. The van der Waals surface area contributed by atoms with E-state index in [9.17, 15) is 13.2 Å². The van der Waals surface area contributed by atoms with Crippen molar-refractivity contribution < 1.29 is 18.3 Å². The zero-order chi connectivity index (χ0) is 27.1. The minimum absolute atomic E-state index is 0.0251. The van der Waals surface area contributed by atoms with E-state index < -0.39 is 9.84 Å². The first-order chi connectivity index (χ1) is 17.8. The first-order valence-corrected chi connectivity index (χ1v) is 15.2. The summed E-state index contributed by atoms with van der Waals surface area (Å²) in [7, 11) is -1.86. The van der Waals surface area contributed by atoms with Gasteiger partial charge >= 0.3 is 0 Å². The molecule has 0 heterocycles. The summed E-state index contributed by atoms with van der Waals surface area (Å²) in [5.74, 6) is -0.0548. The molecule has 2 rings (SSSR count). The highest BCUT2D eigenvalue weighted by molar-refractivity contribution is 7.91. The van der Waals surface area contributed by atoms with Crippen LogP contribution in [0, 0.1) is 0 Å². The van der Waals surface area contributed by atoms with Gasteiger partial charge in [0.05, 0.1) is 22.0 Å². The number of nitrogens with zero attached hydrogens (tertiary/aromatic N) is 3. The Morgan fingerprint density at radius 1 is 0.865 bits per heavy atom. The Morgan fingerprint density at radius 2 is 1.57 bits per heavy atom. The number of carbonyl (C=O) groups excluding carboxylic acids is 1. The van der Waals surface area contributed by atoms with Gasteiger partial charge in [0.2, 0.25) is 5.91 Å². The topological polar surface area (TPSA) is 99.4 Å². The minimum atomic E-state index is -3.52. The maximum atomic E-state index is 13.0. The number of aryl methyl sites for hydroxylation is 1. The molecule has 0 aliphatic rings. The number of sulfone groups is 1. The molecule has 0 unspecified atom stereocenters. The molecule has 0 aliphatic heterocycles. The van der Waals surface area contributed by atoms with Gasteiger partial charge in [0.1, 0.15) is 5.69 Å². The molecule has 1 amide bonds. The predicted octanol–water partition coefficient (Wildman–Crippen LogP) is 7.31. The summed E-state index contributed by atoms with van der Waals surface area (Å²) in [5, 5.41) is 17.7. The van der Waals surface area contributed by atoms with Crippen molar-refractivity contribution in [3.05, 3.63) is 48.0 Å². The van der Waals surface area contributed by atoms with Crippen LogP contribution in [0.1, 0.15) is 83.6 Å². The van der Waals surface area contributed by atoms with Crippen LogP contribution < -0.4 is 4.90 Å². The van der Waals surface area contributed by atoms with Gasteiger partial charge in [-0.25, -0.2) is 8.42 Å². The van der Waals surface area contributed by atoms with Gasteiger partial charge in [-0.2, -0.15) is 5.11 Å². The lowest BCUT2D eigenvalue weighted by Gasteiger charge is -2.20. The van der Waals surface area contributed by atoms with Crippen molar-refractivity contribution in [3.8, 4) is 0 Å². The highest BCUT2D eigenvalue weighted by Gasteiger charge is 2.20. The quantitative estimate of drug-likeness (QED) is 0.171. The molecule has 0 bridgehead atoms. The number of aliphatic hydroxyl groups excluding tert-OH is 1. The molecule has 2 aromatic rings. The summed E-state index contributed by atoms with van der Waals surface area (Å²) in [6.07, 6.45) is 9.21. The Kier molecular flexibility index (Phi) is 13.5. The third kappa shape index (κ3) is 10.4. The van der Waals surface area contributed by atoms with E-state index in [1.54, 1.807) is 25.2 Å². The van der Waals surface area contributed by atoms with E-state index >= 15 is 0 Å². The number of aliphatic hydroxyl groups is 1. The summed E-state index contributed by atoms with van der Waals surface area (Å²) < 4.78 is 26.0. The van der Waals surface area contributed by atoms with Crippen molar-refractivity contribution in [2.24, 2.45) is 10.2 Å². The van der Waals surface area contributed by atoms with Crippen molar-refractivity contribution in [2.45, 2.75) is 89.4 Å². The smallest absolute Gasteiger partial charge is 0.226 e. The molecule has 2 aromatic carbocycles. The number of unbranched alkanes of at least 4 members (excludes halogenated alkanes) is 6. The van der Waals surface area contributed by atoms with E-state index in [2.05, 4.69) is 24.1 Å². The maximum Gasteiger partial charge on any atom is 0.226 e. The van der Waals surface area contributed by atoms with Crippen molar-refractivity contribution in [3.63, 3.8) is 0 Å². The van der Waals surface area contributed by atoms with Crippen LogP contribution in [-0.4, -0.2) is 38.8 Å². The number of azo groups is 1. The Morgan fingerprint density at radius 3 is 2.24 bits per heavy atom. The molecule has 0 atom stereocenters. The van der Waals surface area contributed by atoms with E-state index in [-0.39, 0.29) is 23.2 Å². The molecule has 0 spiro atoms. The Balaban J connectivity index is 2.29. The summed E-state index contributed by atoms with van der Waals surface area (Å²) >= 11 is 0. The van der Waals surface area contributed by atoms with Crippen LogP contribution in [0.5, 0.6) is 0 Å². The van der Waals surface area contributed by atoms with Crippen LogP contribution >= 0.6 is 0 Å². The number of carbonyl (C=O) groups is 1. The highest BCUT2D eigenvalue weighted by Crippen LogP contribution is 2.33. The number of hydrogen-bond acceptors (Lipinski definition) is 6. The number of anilines is 1. The molecule has 7 nitrogen and oxygen atoms in total. The zero-order valence-corrected chi connectivity index (χ0v) is 23.5. The molecule has 37 heavy (non-hydrogen) atoms. The fourth-order valence-corrected chi connectivity index (χ4v) is 5.36. The number of benzene rings is 2. The van der Waals surface area contributed by atoms with Crippen LogP contribution in [-0.2, 0) is 21.1 Å². The van der Waals surface area contributed by atoms with Crippen LogP contribution in [0.15, 0.2) is 57.6 Å². The normalized spacial score (nSPS) is 11.8. The van der Waals surface area contributed by atoms with Gasteiger partial charge in [-0.15, -0.1) is 5.11 Å². The standard InChI is InChI=1S/C29H43N3O4S/c1-4-6-10-14-29(34)32(3)28-23-26(37(35,36)22-12-9-8-11-21-33)19-20-27(28)31-30-25-17-15-24(16-18-25)13-7-5-2/h15-20,23,33H,4-14,21-22H2,1-3H3. The van der Waals surface area contributed by atoms with Crippen LogP contribution in [0.4, 0.5) is 17.1 Å². The lowest BCUT2D eigenvalue weighted by molar-refractivity contribution is -0.118. The van der Waals surface area contributed by atoms with E-state index in [0.717, 1.165) is 51.4 Å². The molecule has 0 saturated heterocycles. The molecule has 1 N–H and O–H groups in total. The summed E-state index contributed by atoms with van der Waals surface area (Å²) in [6.45, 7) is 4.37. The molecule has 0 radical (unpaired) electrons. The predicted molar refractivity (Wildman–Crippen MR) is 151 cm³/mol. The second kappa shape index (κ2) is 16.3. The lowest BCUT2D eigenvalue weighted by atomic mass is 10.1. The molecule has 0 fully saturated rings. The van der Waals surface area contributed by atoms with Gasteiger partial charge in [-0.05, 0) is 68.0 Å². The van der Waals surface area contributed by atoms with E-state index in [4.69, 9.17) is 5.11 Å². The van der Waals surface area contributed by atoms with Gasteiger partial charge in [0, 0.05) is 20.1 Å². The molecule has 8 heteroatoms. The number of hydrogen-bond donors (Lipinski definition) is 1. The van der Waals surface area contributed by atoms with Gasteiger partial charge in [0.15, 0.2) is 9.84 Å². The molecule has 0 aromatic heterocycles. The Bertz CT molecular complexity index is 1100. The molecular weight excluding hydrogens is 486 g/mol. The average molecular weight is 530 g/mol. The highest BCUT2D eigenvalue weighted by atomic mass is 32.2. The first kappa shape index (κ1) is 30.6. The average Bonchev–Trinajstić information content (AvgIpc) is 2.90. The molecular formula is C29H43N3O4S. The number of rotatable bonds is 17. The second-order valence-corrected chi connectivity index (χ2v) is 11.6. The summed E-state index contributed by atoms with van der Waals surface area (Å²) in [6, 6.07) is 12.7. The molecule has 0 aliphatic carbocycles. The summed E-state index contributed by atoms with van der Waals surface area (Å²) in [4.78, 5) is 14.6. The first-order valence-electron chi connectivity index (χ1n) is 13.6. The van der Waals surface area contributed by atoms with E-state index in [1.807, 2.05) is 24.3 Å². The molecule has 0 saturated carbocycles. The van der Waals surface area contributed by atoms with Gasteiger partial charge in [0.25, 0.3) is 0 Å². The summed E-state index contributed by atoms with van der Waals surface area (Å²) in [5.41, 5.74) is 2.84. The van der Waals surface area contributed by atoms with Gasteiger partial charge in [-0.1, -0.05) is 58.1 Å². The van der Waals surface area contributed by atoms with Crippen LogP contribution in [0.25, 0.3) is 0 Å². The SMILES string of the molecule is CCCCCC(=O)N(C)c1cc(S(=O)(=O)CCCCCCO)ccc1N=Nc1ccc(CCCC)cc1. The Labute approximate surface area is 222 Å². The number of amides is 1. The van der Waals surface area contributed by atoms with Crippen LogP contribution in [0.3, 0.4) is 0 Å². The fraction of sp³-hybridized carbons (Fsp3) is 0.552. The van der Waals surface area contributed by atoms with Crippen molar-refractivity contribution in [1.82, 2.24) is 0 Å². The minimum Gasteiger partial charge on any atom is -0.396 e. The largest absolute Gasteiger partial charge is 0.396 e. The third-order valence-electron chi connectivity index (χ3n) is 6.39. The van der Waals surface area contributed by atoms with Gasteiger partial charge < -0.3 is 10.0 Å². The third-order valence-corrected chi connectivity index (χ3v) is 8.18. The van der Waals surface area contributed by atoms with Crippen molar-refractivity contribution in [2.75, 3.05) is 24.3 Å².